The van der Waals surface area contributed by atoms with E-state index in [1.807, 2.05) is 30.3 Å². The van der Waals surface area contributed by atoms with Crippen LogP contribution < -0.4 is 5.32 Å². The van der Waals surface area contributed by atoms with E-state index in [2.05, 4.69) is 15.4 Å². The highest BCUT2D eigenvalue weighted by molar-refractivity contribution is 8.25. The Morgan fingerprint density at radius 2 is 2.15 bits per heavy atom. The van der Waals surface area contributed by atoms with Crippen LogP contribution in [0, 0.1) is 11.3 Å². The third-order valence-electron chi connectivity index (χ3n) is 2.76. The zero-order valence-electron chi connectivity index (χ0n) is 10.1. The molecule has 0 aromatic heterocycles. The number of benzene rings is 1. The molecule has 0 saturated heterocycles. The molecule has 1 unspecified atom stereocenters. The molecular weight excluding hydrogens is 294 g/mol. The van der Waals surface area contributed by atoms with Crippen molar-refractivity contribution in [2.75, 3.05) is 5.32 Å². The first-order chi connectivity index (χ1) is 9.66. The number of aliphatic imine (C=N–C) groups is 1. The highest BCUT2D eigenvalue weighted by Crippen LogP contribution is 2.25. The van der Waals surface area contributed by atoms with Crippen LogP contribution >= 0.6 is 24.0 Å². The summed E-state index contributed by atoms with van der Waals surface area (Å²) in [6, 6.07) is 9.27. The third-order valence-corrected chi connectivity index (χ3v) is 3.77. The minimum Gasteiger partial charge on any atom is -0.349 e. The number of thiocarbonyl (C=S) groups is 1. The Morgan fingerprint density at radius 3 is 2.90 bits per heavy atom. The third kappa shape index (κ3) is 2.23. The number of carbonyl (C=O) groups excluding carboxylic acids is 1. The Bertz CT molecular complexity index is 655. The van der Waals surface area contributed by atoms with E-state index in [9.17, 15) is 4.79 Å². The molecule has 6 nitrogen and oxygen atoms in total. The van der Waals surface area contributed by atoms with Crippen LogP contribution in [0.2, 0.25) is 0 Å². The summed E-state index contributed by atoms with van der Waals surface area (Å²) in [5.74, 6) is -1.31. The van der Waals surface area contributed by atoms with Crippen LogP contribution in [0.1, 0.15) is 0 Å². The van der Waals surface area contributed by atoms with Gasteiger partial charge in [-0.05, 0) is 23.9 Å². The summed E-state index contributed by atoms with van der Waals surface area (Å²) in [4.78, 5) is 16.2. The van der Waals surface area contributed by atoms with Gasteiger partial charge in [0.15, 0.2) is 11.1 Å². The van der Waals surface area contributed by atoms with Crippen molar-refractivity contribution < 1.29 is 4.79 Å². The number of thioether (sulfide) groups is 1. The topological polar surface area (TPSA) is 80.9 Å². The van der Waals surface area contributed by atoms with Crippen LogP contribution in [0.15, 0.2) is 40.4 Å². The van der Waals surface area contributed by atoms with Gasteiger partial charge in [0.05, 0.1) is 5.55 Å². The highest BCUT2D eigenvalue weighted by Gasteiger charge is 2.39. The van der Waals surface area contributed by atoms with Gasteiger partial charge in [-0.25, -0.2) is 0 Å². The Hall–Kier alpha value is -2.06. The van der Waals surface area contributed by atoms with Crippen LogP contribution in [-0.4, -0.2) is 32.5 Å². The van der Waals surface area contributed by atoms with Crippen molar-refractivity contribution in [1.29, 1.82) is 5.41 Å². The molecule has 0 fully saturated rings. The maximum absolute atomic E-state index is 12.0. The molecule has 0 spiro atoms. The summed E-state index contributed by atoms with van der Waals surface area (Å²) in [7, 11) is 0. The molecule has 3 rings (SSSR count). The number of amidine groups is 2. The normalized spacial score (nSPS) is 20.7. The SMILES string of the molecule is N=C1C(C(=S)Nc2ccccc2)C(=O)N=C2SC=NN12. The second-order valence-electron chi connectivity index (χ2n) is 4.06. The predicted molar refractivity (Wildman–Crippen MR) is 84.2 cm³/mol. The number of hydrazone groups is 1. The zero-order valence-corrected chi connectivity index (χ0v) is 11.7. The monoisotopic (exact) mass is 303 g/mol. The molecule has 2 N–H and O–H groups in total. The van der Waals surface area contributed by atoms with Crippen LogP contribution in [0.25, 0.3) is 0 Å². The van der Waals surface area contributed by atoms with Gasteiger partial charge in [0.25, 0.3) is 5.91 Å². The van der Waals surface area contributed by atoms with Gasteiger partial charge in [-0.1, -0.05) is 30.4 Å². The van der Waals surface area contributed by atoms with Gasteiger partial charge in [0.1, 0.15) is 10.8 Å². The summed E-state index contributed by atoms with van der Waals surface area (Å²) in [6.45, 7) is 0. The molecule has 8 heteroatoms. The largest absolute Gasteiger partial charge is 0.349 e. The quantitative estimate of drug-likeness (QED) is 0.816. The first-order valence-corrected chi connectivity index (χ1v) is 7.02. The Morgan fingerprint density at radius 1 is 1.40 bits per heavy atom. The molecule has 0 saturated carbocycles. The molecule has 1 aromatic rings. The van der Waals surface area contributed by atoms with Crippen molar-refractivity contribution in [2.24, 2.45) is 16.0 Å². The molecule has 1 aromatic carbocycles. The molecule has 20 heavy (non-hydrogen) atoms. The van der Waals surface area contributed by atoms with Gasteiger partial charge in [-0.2, -0.15) is 15.1 Å². The minimum absolute atomic E-state index is 0.0229. The average molecular weight is 303 g/mol. The fourth-order valence-electron chi connectivity index (χ4n) is 1.83. The smallest absolute Gasteiger partial charge is 0.265 e. The first kappa shape index (κ1) is 12.9. The molecule has 0 radical (unpaired) electrons. The molecule has 2 aliphatic rings. The van der Waals surface area contributed by atoms with E-state index < -0.39 is 11.8 Å². The fourth-order valence-corrected chi connectivity index (χ4v) is 2.78. The number of fused-ring (bicyclic) bond motifs is 1. The van der Waals surface area contributed by atoms with Gasteiger partial charge in [0.2, 0.25) is 0 Å². The number of amides is 1. The van der Waals surface area contributed by atoms with E-state index in [0.29, 0.717) is 5.17 Å². The molecule has 0 bridgehead atoms. The van der Waals surface area contributed by atoms with Gasteiger partial charge < -0.3 is 5.32 Å². The maximum Gasteiger partial charge on any atom is 0.265 e. The van der Waals surface area contributed by atoms with Gasteiger partial charge in [-0.15, -0.1) is 0 Å². The van der Waals surface area contributed by atoms with Crippen LogP contribution in [0.5, 0.6) is 0 Å². The first-order valence-electron chi connectivity index (χ1n) is 5.73. The number of nitrogens with one attached hydrogen (secondary N) is 2. The lowest BCUT2D eigenvalue weighted by molar-refractivity contribution is -0.118. The molecule has 2 heterocycles. The Kier molecular flexibility index (Phi) is 3.33. The molecular formula is C12H9N5OS2. The van der Waals surface area contributed by atoms with Gasteiger partial charge in [0, 0.05) is 5.69 Å². The second-order valence-corrected chi connectivity index (χ2v) is 5.31. The Balaban J connectivity index is 1.83. The van der Waals surface area contributed by atoms with Crippen LogP contribution in [0.4, 0.5) is 5.69 Å². The standard InChI is InChI=1S/C12H9N5OS2/c13-9-8(10(18)16-12-17(9)14-6-20-12)11(19)15-7-4-2-1-3-5-7/h1-6,8,13H,(H,15,19). The predicted octanol–water partition coefficient (Wildman–Crippen LogP) is 1.91. The number of nitrogens with zero attached hydrogens (tertiary/aromatic N) is 3. The molecule has 2 aliphatic heterocycles. The van der Waals surface area contributed by atoms with Crippen molar-refractivity contribution in [1.82, 2.24) is 5.01 Å². The lowest BCUT2D eigenvalue weighted by Crippen LogP contribution is -2.46. The van der Waals surface area contributed by atoms with Crippen molar-refractivity contribution in [2.45, 2.75) is 0 Å². The summed E-state index contributed by atoms with van der Waals surface area (Å²) in [6.07, 6.45) is 0. The summed E-state index contributed by atoms with van der Waals surface area (Å²) in [5.41, 5.74) is 2.31. The molecule has 1 amide bonds. The maximum atomic E-state index is 12.0. The Labute approximate surface area is 124 Å². The summed E-state index contributed by atoms with van der Waals surface area (Å²) >= 11 is 6.45. The van der Waals surface area contributed by atoms with Crippen molar-refractivity contribution >= 4 is 57.1 Å². The van der Waals surface area contributed by atoms with Crippen molar-refractivity contribution in [3.05, 3.63) is 30.3 Å². The highest BCUT2D eigenvalue weighted by atomic mass is 32.2. The second kappa shape index (κ2) is 5.14. The number of hydrogen-bond acceptors (Lipinski definition) is 5. The van der Waals surface area contributed by atoms with E-state index >= 15 is 0 Å². The zero-order chi connectivity index (χ0) is 14.1. The average Bonchev–Trinajstić information content (AvgIpc) is 2.88. The van der Waals surface area contributed by atoms with Crippen LogP contribution in [-0.2, 0) is 4.79 Å². The summed E-state index contributed by atoms with van der Waals surface area (Å²) in [5, 5.41) is 16.8. The van der Waals surface area contributed by atoms with E-state index in [0.717, 1.165) is 5.69 Å². The van der Waals surface area contributed by atoms with Gasteiger partial charge >= 0.3 is 0 Å². The van der Waals surface area contributed by atoms with Crippen LogP contribution in [0.3, 0.4) is 0 Å². The number of anilines is 1. The number of rotatable bonds is 2. The van der Waals surface area contributed by atoms with E-state index in [1.165, 1.54) is 22.3 Å². The van der Waals surface area contributed by atoms with E-state index in [1.54, 1.807) is 0 Å². The van der Waals surface area contributed by atoms with E-state index in [4.69, 9.17) is 17.6 Å². The fraction of sp³-hybridized carbons (Fsp3) is 0.0833. The lowest BCUT2D eigenvalue weighted by atomic mass is 10.1. The molecule has 0 aliphatic carbocycles. The minimum atomic E-state index is -0.898. The lowest BCUT2D eigenvalue weighted by Gasteiger charge is -2.26. The summed E-state index contributed by atoms with van der Waals surface area (Å²) < 4.78 is 0. The molecule has 100 valence electrons. The number of carbonyl (C=O) groups is 1. The van der Waals surface area contributed by atoms with Crippen molar-refractivity contribution in [3.8, 4) is 0 Å². The van der Waals surface area contributed by atoms with Crippen molar-refractivity contribution in [3.63, 3.8) is 0 Å². The van der Waals surface area contributed by atoms with E-state index in [-0.39, 0.29) is 10.8 Å². The number of hydrogen-bond donors (Lipinski definition) is 2. The molecule has 1 atom stereocenters. The van der Waals surface area contributed by atoms with Gasteiger partial charge in [-0.3, -0.25) is 10.2 Å². The number of para-hydroxylation sites is 1.